The highest BCUT2D eigenvalue weighted by atomic mass is 16.7. The molecule has 26 heavy (non-hydrogen) atoms. The molecule has 2 aliphatic rings. The Hall–Kier alpha value is -2.87. The maximum atomic E-state index is 12.6. The lowest BCUT2D eigenvalue weighted by molar-refractivity contribution is 0.0658. The summed E-state index contributed by atoms with van der Waals surface area (Å²) in [5, 5.41) is 3.23. The van der Waals surface area contributed by atoms with Crippen molar-refractivity contribution in [2.75, 3.05) is 45.3 Å². The maximum absolute atomic E-state index is 12.6. The molecular formula is C18H21N5O3. The van der Waals surface area contributed by atoms with Crippen molar-refractivity contribution in [3.05, 3.63) is 41.9 Å². The van der Waals surface area contributed by atoms with E-state index in [9.17, 15) is 4.79 Å². The molecule has 1 amide bonds. The smallest absolute Gasteiger partial charge is 0.272 e. The van der Waals surface area contributed by atoms with Gasteiger partial charge in [-0.05, 0) is 24.7 Å². The minimum absolute atomic E-state index is 0.0494. The lowest BCUT2D eigenvalue weighted by atomic mass is 10.2. The van der Waals surface area contributed by atoms with Crippen molar-refractivity contribution in [2.45, 2.75) is 6.54 Å². The molecule has 2 aliphatic heterocycles. The van der Waals surface area contributed by atoms with Crippen LogP contribution in [0.15, 0.2) is 30.6 Å². The van der Waals surface area contributed by atoms with E-state index in [1.54, 1.807) is 6.07 Å². The molecule has 0 atom stereocenters. The van der Waals surface area contributed by atoms with Crippen molar-refractivity contribution in [2.24, 2.45) is 0 Å². The van der Waals surface area contributed by atoms with Crippen molar-refractivity contribution < 1.29 is 14.3 Å². The number of nitrogens with zero attached hydrogens (tertiary/aromatic N) is 4. The number of nitrogens with one attached hydrogen (secondary N) is 1. The van der Waals surface area contributed by atoms with Gasteiger partial charge in [-0.15, -0.1) is 0 Å². The molecule has 0 unspecified atom stereocenters. The summed E-state index contributed by atoms with van der Waals surface area (Å²) in [7, 11) is 2.06. The Kier molecular flexibility index (Phi) is 4.57. The third kappa shape index (κ3) is 3.55. The lowest BCUT2D eigenvalue weighted by Gasteiger charge is -2.32. The van der Waals surface area contributed by atoms with Crippen LogP contribution in [0.3, 0.4) is 0 Å². The van der Waals surface area contributed by atoms with Crippen LogP contribution in [0.25, 0.3) is 0 Å². The second-order valence-corrected chi connectivity index (χ2v) is 6.43. The topological polar surface area (TPSA) is 79.8 Å². The number of carbonyl (C=O) groups excluding carboxylic acids is 1. The Balaban J connectivity index is 1.40. The standard InChI is InChI=1S/C18H21N5O3/c1-22-4-6-23(7-5-22)18(24)14-9-17(21-11-20-14)19-10-13-2-3-15-16(8-13)26-12-25-15/h2-3,8-9,11H,4-7,10,12H2,1H3,(H,19,20,21). The minimum Gasteiger partial charge on any atom is -0.454 e. The van der Waals surface area contributed by atoms with E-state index in [1.165, 1.54) is 6.33 Å². The van der Waals surface area contributed by atoms with Gasteiger partial charge in [0.25, 0.3) is 5.91 Å². The van der Waals surface area contributed by atoms with E-state index in [1.807, 2.05) is 23.1 Å². The molecule has 0 aliphatic carbocycles. The molecule has 0 radical (unpaired) electrons. The summed E-state index contributed by atoms with van der Waals surface area (Å²) < 4.78 is 10.7. The van der Waals surface area contributed by atoms with Gasteiger partial charge in [-0.3, -0.25) is 4.79 Å². The van der Waals surface area contributed by atoms with Crippen molar-refractivity contribution in [1.82, 2.24) is 19.8 Å². The monoisotopic (exact) mass is 355 g/mol. The number of anilines is 1. The molecule has 2 aromatic rings. The average molecular weight is 355 g/mol. The second-order valence-electron chi connectivity index (χ2n) is 6.43. The molecule has 0 bridgehead atoms. The van der Waals surface area contributed by atoms with Gasteiger partial charge in [0.1, 0.15) is 17.8 Å². The summed E-state index contributed by atoms with van der Waals surface area (Å²) in [4.78, 5) is 25.0. The van der Waals surface area contributed by atoms with Crippen LogP contribution in [0, 0.1) is 0 Å². The zero-order chi connectivity index (χ0) is 17.9. The van der Waals surface area contributed by atoms with Gasteiger partial charge in [-0.2, -0.15) is 0 Å². The van der Waals surface area contributed by atoms with Crippen LogP contribution < -0.4 is 14.8 Å². The summed E-state index contributed by atoms with van der Waals surface area (Å²) in [5.41, 5.74) is 1.46. The molecule has 1 saturated heterocycles. The van der Waals surface area contributed by atoms with Crippen molar-refractivity contribution >= 4 is 11.7 Å². The number of ether oxygens (including phenoxy) is 2. The van der Waals surface area contributed by atoms with Crippen LogP contribution in [0.1, 0.15) is 16.1 Å². The van der Waals surface area contributed by atoms with Gasteiger partial charge in [0, 0.05) is 38.8 Å². The fraction of sp³-hybridized carbons (Fsp3) is 0.389. The van der Waals surface area contributed by atoms with Crippen molar-refractivity contribution in [1.29, 1.82) is 0 Å². The highest BCUT2D eigenvalue weighted by Gasteiger charge is 2.21. The molecule has 8 nitrogen and oxygen atoms in total. The molecular weight excluding hydrogens is 334 g/mol. The number of benzene rings is 1. The zero-order valence-corrected chi connectivity index (χ0v) is 14.6. The van der Waals surface area contributed by atoms with Crippen LogP contribution in [0.4, 0.5) is 5.82 Å². The van der Waals surface area contributed by atoms with Crippen LogP contribution in [0.5, 0.6) is 11.5 Å². The number of aromatic nitrogens is 2. The number of likely N-dealkylation sites (N-methyl/N-ethyl adjacent to an activating group) is 1. The first-order chi connectivity index (χ1) is 12.7. The first-order valence-corrected chi connectivity index (χ1v) is 8.61. The van der Waals surface area contributed by atoms with Gasteiger partial charge in [-0.1, -0.05) is 6.07 Å². The average Bonchev–Trinajstić information content (AvgIpc) is 3.14. The van der Waals surface area contributed by atoms with Gasteiger partial charge in [0.2, 0.25) is 6.79 Å². The van der Waals surface area contributed by atoms with Gasteiger partial charge < -0.3 is 24.6 Å². The summed E-state index contributed by atoms with van der Waals surface area (Å²) in [6, 6.07) is 7.50. The predicted molar refractivity (Wildman–Crippen MR) is 95.3 cm³/mol. The van der Waals surface area contributed by atoms with E-state index in [4.69, 9.17) is 9.47 Å². The van der Waals surface area contributed by atoms with E-state index in [-0.39, 0.29) is 12.7 Å². The fourth-order valence-corrected chi connectivity index (χ4v) is 2.99. The molecule has 4 rings (SSSR count). The highest BCUT2D eigenvalue weighted by Crippen LogP contribution is 2.32. The normalized spacial score (nSPS) is 16.6. The predicted octanol–water partition coefficient (Wildman–Crippen LogP) is 1.21. The van der Waals surface area contributed by atoms with Gasteiger partial charge >= 0.3 is 0 Å². The Morgan fingerprint density at radius 2 is 1.92 bits per heavy atom. The van der Waals surface area contributed by atoms with Gasteiger partial charge in [-0.25, -0.2) is 9.97 Å². The summed E-state index contributed by atoms with van der Waals surface area (Å²) in [5.74, 6) is 2.08. The molecule has 1 N–H and O–H groups in total. The largest absolute Gasteiger partial charge is 0.454 e. The Morgan fingerprint density at radius 3 is 2.77 bits per heavy atom. The number of piperazine rings is 1. The third-order valence-corrected chi connectivity index (χ3v) is 4.59. The number of hydrogen-bond donors (Lipinski definition) is 1. The van der Waals surface area contributed by atoms with E-state index in [0.717, 1.165) is 43.2 Å². The quantitative estimate of drug-likeness (QED) is 0.883. The highest BCUT2D eigenvalue weighted by molar-refractivity contribution is 5.93. The molecule has 1 aromatic carbocycles. The number of rotatable bonds is 4. The minimum atomic E-state index is -0.0494. The molecule has 136 valence electrons. The SMILES string of the molecule is CN1CCN(C(=O)c2cc(NCc3ccc4c(c3)OCO4)ncn2)CC1. The Labute approximate surface area is 151 Å². The molecule has 8 heteroatoms. The number of amides is 1. The molecule has 1 fully saturated rings. The number of fused-ring (bicyclic) bond motifs is 1. The van der Waals surface area contributed by atoms with E-state index in [0.29, 0.717) is 18.1 Å². The summed E-state index contributed by atoms with van der Waals surface area (Å²) in [6.45, 7) is 4.03. The van der Waals surface area contributed by atoms with E-state index in [2.05, 4.69) is 27.2 Å². The molecule has 1 aromatic heterocycles. The van der Waals surface area contributed by atoms with Crippen molar-refractivity contribution in [3.63, 3.8) is 0 Å². The van der Waals surface area contributed by atoms with Gasteiger partial charge in [0.05, 0.1) is 0 Å². The second kappa shape index (κ2) is 7.17. The number of hydrogen-bond acceptors (Lipinski definition) is 7. The van der Waals surface area contributed by atoms with Crippen LogP contribution in [0.2, 0.25) is 0 Å². The van der Waals surface area contributed by atoms with E-state index < -0.39 is 0 Å². The first-order valence-electron chi connectivity index (χ1n) is 8.61. The molecule has 0 saturated carbocycles. The van der Waals surface area contributed by atoms with Crippen LogP contribution in [-0.4, -0.2) is 65.7 Å². The fourth-order valence-electron chi connectivity index (χ4n) is 2.99. The number of carbonyl (C=O) groups is 1. The zero-order valence-electron chi connectivity index (χ0n) is 14.6. The molecule has 0 spiro atoms. The van der Waals surface area contributed by atoms with Crippen molar-refractivity contribution in [3.8, 4) is 11.5 Å². The van der Waals surface area contributed by atoms with Crippen LogP contribution >= 0.6 is 0 Å². The maximum Gasteiger partial charge on any atom is 0.272 e. The first kappa shape index (κ1) is 16.6. The Bertz CT molecular complexity index is 805. The summed E-state index contributed by atoms with van der Waals surface area (Å²) in [6.07, 6.45) is 1.42. The summed E-state index contributed by atoms with van der Waals surface area (Å²) >= 11 is 0. The molecule has 3 heterocycles. The lowest BCUT2D eigenvalue weighted by Crippen LogP contribution is -2.47. The van der Waals surface area contributed by atoms with Gasteiger partial charge in [0.15, 0.2) is 11.5 Å². The van der Waals surface area contributed by atoms with Crippen LogP contribution in [-0.2, 0) is 6.54 Å². The third-order valence-electron chi connectivity index (χ3n) is 4.59. The Morgan fingerprint density at radius 1 is 1.12 bits per heavy atom. The van der Waals surface area contributed by atoms with E-state index >= 15 is 0 Å².